The molecule has 0 aromatic carbocycles. The summed E-state index contributed by atoms with van der Waals surface area (Å²) in [5.41, 5.74) is 0. The van der Waals surface area contributed by atoms with E-state index in [-0.39, 0.29) is 0 Å². The third kappa shape index (κ3) is 2.75. The van der Waals surface area contributed by atoms with E-state index >= 15 is 0 Å². The highest BCUT2D eigenvalue weighted by Gasteiger charge is 1.93. The van der Waals surface area contributed by atoms with Crippen LogP contribution in [-0.2, 0) is 0 Å². The monoisotopic (exact) mass is 116 g/mol. The fraction of sp³-hybridized carbons (Fsp3) is 0.667. The first kappa shape index (κ1) is 7.09. The van der Waals surface area contributed by atoms with Crippen LogP contribution in [0.5, 0.6) is 0 Å². The minimum absolute atomic E-state index is 0.614. The van der Waals surface area contributed by atoms with Gasteiger partial charge in [0.25, 0.3) is 0 Å². The minimum Gasteiger partial charge on any atom is -0.179 e. The molecule has 0 aromatic rings. The predicted octanol–water partition coefficient (Wildman–Crippen LogP) is 2.13. The van der Waals surface area contributed by atoms with Crippen molar-refractivity contribution in [2.75, 3.05) is 5.75 Å². The lowest BCUT2D eigenvalue weighted by Gasteiger charge is -2.00. The SMILES string of the molecule is C=CC(CC)CS. The van der Waals surface area contributed by atoms with Crippen molar-refractivity contribution in [2.45, 2.75) is 13.3 Å². The van der Waals surface area contributed by atoms with Gasteiger partial charge in [-0.1, -0.05) is 13.0 Å². The van der Waals surface area contributed by atoms with Crippen molar-refractivity contribution >= 4 is 12.6 Å². The molecule has 0 saturated carbocycles. The van der Waals surface area contributed by atoms with Gasteiger partial charge in [0.1, 0.15) is 0 Å². The van der Waals surface area contributed by atoms with E-state index in [1.165, 1.54) is 0 Å². The highest BCUT2D eigenvalue weighted by molar-refractivity contribution is 7.80. The van der Waals surface area contributed by atoms with Gasteiger partial charge in [0.05, 0.1) is 0 Å². The Morgan fingerprint density at radius 1 is 1.86 bits per heavy atom. The summed E-state index contributed by atoms with van der Waals surface area (Å²) in [6, 6.07) is 0. The molecule has 0 aromatic heterocycles. The molecule has 0 N–H and O–H groups in total. The molecular formula is C6H12S. The van der Waals surface area contributed by atoms with Crippen molar-refractivity contribution in [3.8, 4) is 0 Å². The van der Waals surface area contributed by atoms with Gasteiger partial charge in [0.15, 0.2) is 0 Å². The summed E-state index contributed by atoms with van der Waals surface area (Å²) in [6.45, 7) is 5.80. The van der Waals surface area contributed by atoms with Crippen LogP contribution >= 0.6 is 12.6 Å². The fourth-order valence-electron chi connectivity index (χ4n) is 0.370. The molecule has 0 radical (unpaired) electrons. The summed E-state index contributed by atoms with van der Waals surface area (Å²) in [4.78, 5) is 0. The Bertz CT molecular complexity index is 46.1. The molecule has 0 rings (SSSR count). The van der Waals surface area contributed by atoms with Crippen LogP contribution in [0.3, 0.4) is 0 Å². The molecule has 0 heterocycles. The third-order valence-electron chi connectivity index (χ3n) is 1.09. The van der Waals surface area contributed by atoms with Crippen LogP contribution in [-0.4, -0.2) is 5.75 Å². The molecule has 0 nitrogen and oxygen atoms in total. The first-order valence-corrected chi connectivity index (χ1v) is 3.21. The van der Waals surface area contributed by atoms with Crippen molar-refractivity contribution in [2.24, 2.45) is 5.92 Å². The Balaban J connectivity index is 3.16. The molecule has 42 valence electrons. The van der Waals surface area contributed by atoms with Gasteiger partial charge in [-0.2, -0.15) is 12.6 Å². The second-order valence-electron chi connectivity index (χ2n) is 1.59. The quantitative estimate of drug-likeness (QED) is 0.424. The van der Waals surface area contributed by atoms with Gasteiger partial charge in [0, 0.05) is 0 Å². The Morgan fingerprint density at radius 2 is 2.43 bits per heavy atom. The van der Waals surface area contributed by atoms with Crippen LogP contribution in [0.2, 0.25) is 0 Å². The Kier molecular flexibility index (Phi) is 4.31. The van der Waals surface area contributed by atoms with E-state index in [0.717, 1.165) is 12.2 Å². The summed E-state index contributed by atoms with van der Waals surface area (Å²) >= 11 is 4.10. The maximum Gasteiger partial charge on any atom is -0.00350 e. The van der Waals surface area contributed by atoms with Gasteiger partial charge in [-0.15, -0.1) is 6.58 Å². The number of allylic oxidation sites excluding steroid dienone is 1. The van der Waals surface area contributed by atoms with E-state index in [4.69, 9.17) is 0 Å². The molecule has 1 atom stereocenters. The molecule has 0 saturated heterocycles. The second-order valence-corrected chi connectivity index (χ2v) is 1.95. The molecular weight excluding hydrogens is 104 g/mol. The van der Waals surface area contributed by atoms with Crippen molar-refractivity contribution in [3.05, 3.63) is 12.7 Å². The average molecular weight is 116 g/mol. The standard InChI is InChI=1S/C6H12S/c1-3-6(4-2)5-7/h3,6-7H,1,4-5H2,2H3. The fourth-order valence-corrected chi connectivity index (χ4v) is 0.778. The molecule has 1 unspecified atom stereocenters. The van der Waals surface area contributed by atoms with Gasteiger partial charge in [-0.25, -0.2) is 0 Å². The maximum absolute atomic E-state index is 4.10. The average Bonchev–Trinajstić information content (AvgIpc) is 1.72. The lowest BCUT2D eigenvalue weighted by Crippen LogP contribution is -1.92. The Hall–Kier alpha value is 0.0900. The van der Waals surface area contributed by atoms with Crippen LogP contribution in [0, 0.1) is 5.92 Å². The predicted molar refractivity (Wildman–Crippen MR) is 37.8 cm³/mol. The van der Waals surface area contributed by atoms with Gasteiger partial charge in [-0.05, 0) is 18.1 Å². The Morgan fingerprint density at radius 3 is 2.43 bits per heavy atom. The van der Waals surface area contributed by atoms with E-state index in [2.05, 4.69) is 26.1 Å². The van der Waals surface area contributed by atoms with Crippen LogP contribution in [0.4, 0.5) is 0 Å². The largest absolute Gasteiger partial charge is 0.179 e. The molecule has 7 heavy (non-hydrogen) atoms. The van der Waals surface area contributed by atoms with E-state index in [1.54, 1.807) is 0 Å². The number of hydrogen-bond donors (Lipinski definition) is 1. The molecule has 0 bridgehead atoms. The molecule has 0 aliphatic rings. The van der Waals surface area contributed by atoms with Gasteiger partial charge in [0.2, 0.25) is 0 Å². The van der Waals surface area contributed by atoms with E-state index in [1.807, 2.05) is 6.08 Å². The van der Waals surface area contributed by atoms with E-state index in [9.17, 15) is 0 Å². The topological polar surface area (TPSA) is 0 Å². The van der Waals surface area contributed by atoms with Crippen molar-refractivity contribution in [1.29, 1.82) is 0 Å². The highest BCUT2D eigenvalue weighted by Crippen LogP contribution is 2.03. The van der Waals surface area contributed by atoms with Crippen molar-refractivity contribution in [3.63, 3.8) is 0 Å². The lowest BCUT2D eigenvalue weighted by atomic mass is 10.1. The summed E-state index contributed by atoms with van der Waals surface area (Å²) in [7, 11) is 0. The molecule has 0 aliphatic heterocycles. The second kappa shape index (κ2) is 4.25. The molecule has 1 heteroatoms. The first-order valence-electron chi connectivity index (χ1n) is 2.58. The number of rotatable bonds is 3. The van der Waals surface area contributed by atoms with Crippen LogP contribution in [0.25, 0.3) is 0 Å². The molecule has 0 spiro atoms. The molecule has 0 aliphatic carbocycles. The number of thiol groups is 1. The summed E-state index contributed by atoms with van der Waals surface area (Å²) in [6.07, 6.45) is 3.11. The summed E-state index contributed by atoms with van der Waals surface area (Å²) < 4.78 is 0. The van der Waals surface area contributed by atoms with Gasteiger partial charge < -0.3 is 0 Å². The van der Waals surface area contributed by atoms with Gasteiger partial charge in [-0.3, -0.25) is 0 Å². The first-order chi connectivity index (χ1) is 3.35. The summed E-state index contributed by atoms with van der Waals surface area (Å²) in [5.74, 6) is 1.54. The normalized spacial score (nSPS) is 13.4. The lowest BCUT2D eigenvalue weighted by molar-refractivity contribution is 0.713. The maximum atomic E-state index is 4.10. The zero-order chi connectivity index (χ0) is 5.70. The van der Waals surface area contributed by atoms with Crippen molar-refractivity contribution in [1.82, 2.24) is 0 Å². The van der Waals surface area contributed by atoms with Gasteiger partial charge >= 0.3 is 0 Å². The molecule has 0 amide bonds. The molecule has 0 fully saturated rings. The smallest absolute Gasteiger partial charge is 0.00350 e. The minimum atomic E-state index is 0.614. The van der Waals surface area contributed by atoms with E-state index < -0.39 is 0 Å². The number of hydrogen-bond acceptors (Lipinski definition) is 1. The highest BCUT2D eigenvalue weighted by atomic mass is 32.1. The van der Waals surface area contributed by atoms with Crippen molar-refractivity contribution < 1.29 is 0 Å². The summed E-state index contributed by atoms with van der Waals surface area (Å²) in [5, 5.41) is 0. The zero-order valence-electron chi connectivity index (χ0n) is 4.72. The van der Waals surface area contributed by atoms with E-state index in [0.29, 0.717) is 5.92 Å². The zero-order valence-corrected chi connectivity index (χ0v) is 5.62. The third-order valence-corrected chi connectivity index (χ3v) is 1.56. The van der Waals surface area contributed by atoms with Crippen LogP contribution < -0.4 is 0 Å². The van der Waals surface area contributed by atoms with Crippen LogP contribution in [0.1, 0.15) is 13.3 Å². The Labute approximate surface area is 51.0 Å². The van der Waals surface area contributed by atoms with Crippen LogP contribution in [0.15, 0.2) is 12.7 Å².